The highest BCUT2D eigenvalue weighted by molar-refractivity contribution is 5.84. The van der Waals surface area contributed by atoms with Crippen LogP contribution in [0.5, 0.6) is 0 Å². The Morgan fingerprint density at radius 3 is 2.77 bits per heavy atom. The highest BCUT2D eigenvalue weighted by Gasteiger charge is 2.41. The first-order chi connectivity index (χ1) is 12.8. The van der Waals surface area contributed by atoms with E-state index in [4.69, 9.17) is 9.72 Å². The number of morpholine rings is 1. The molecule has 2 saturated heterocycles. The van der Waals surface area contributed by atoms with Crippen LogP contribution < -0.4 is 10.2 Å². The fourth-order valence-corrected chi connectivity index (χ4v) is 3.59. The number of fused-ring (bicyclic) bond motifs is 1. The molecule has 2 N–H and O–H groups in total. The van der Waals surface area contributed by atoms with Gasteiger partial charge in [0.05, 0.1) is 31.7 Å². The van der Waals surface area contributed by atoms with Crippen LogP contribution in [-0.2, 0) is 10.2 Å². The maximum Gasteiger partial charge on any atom is 0.167 e. The predicted molar refractivity (Wildman–Crippen MR) is 94.2 cm³/mol. The van der Waals surface area contributed by atoms with Gasteiger partial charge in [-0.3, -0.25) is 5.10 Å². The zero-order valence-electron chi connectivity index (χ0n) is 14.1. The Kier molecular flexibility index (Phi) is 3.41. The summed E-state index contributed by atoms with van der Waals surface area (Å²) in [7, 11) is 0. The molecule has 3 aromatic rings. The highest BCUT2D eigenvalue weighted by Crippen LogP contribution is 2.36. The summed E-state index contributed by atoms with van der Waals surface area (Å²) in [4.78, 5) is 7.08. The summed E-state index contributed by atoms with van der Waals surface area (Å²) in [5.41, 5.74) is 1.18. The van der Waals surface area contributed by atoms with Crippen LogP contribution in [0.15, 0.2) is 24.5 Å². The van der Waals surface area contributed by atoms with E-state index in [1.165, 1.54) is 0 Å². The number of nitrogens with one attached hydrogen (secondary N) is 2. The molecule has 2 fully saturated rings. The SMILES string of the molecule is N#CC1(c2cc(N3CCOCC3)nc3c2cnn3-c2ccn[nH]2)CNC1. The molecule has 9 nitrogen and oxygen atoms in total. The van der Waals surface area contributed by atoms with E-state index in [1.54, 1.807) is 17.1 Å². The topological polar surface area (TPSA) is 108 Å². The van der Waals surface area contributed by atoms with Gasteiger partial charge in [-0.25, -0.2) is 4.98 Å². The first-order valence-corrected chi connectivity index (χ1v) is 8.64. The van der Waals surface area contributed by atoms with Crippen LogP contribution in [0.1, 0.15) is 5.56 Å². The van der Waals surface area contributed by atoms with Gasteiger partial charge in [0, 0.05) is 37.6 Å². The molecule has 0 aliphatic carbocycles. The van der Waals surface area contributed by atoms with Gasteiger partial charge in [0.1, 0.15) is 11.2 Å². The van der Waals surface area contributed by atoms with Crippen molar-refractivity contribution in [1.29, 1.82) is 5.26 Å². The predicted octanol–water partition coefficient (Wildman–Crippen LogP) is 0.345. The standard InChI is InChI=1S/C17H18N8O/c18-9-17(10-19-11-17)13-7-15(24-3-5-26-6-4-24)22-16-12(13)8-21-25(16)14-1-2-20-23-14/h1-2,7-8,19H,3-6,10-11H2,(H,20,23). The molecule has 0 radical (unpaired) electrons. The lowest BCUT2D eigenvalue weighted by atomic mass is 9.76. The van der Waals surface area contributed by atoms with Crippen molar-refractivity contribution >= 4 is 16.9 Å². The summed E-state index contributed by atoms with van der Waals surface area (Å²) >= 11 is 0. The summed E-state index contributed by atoms with van der Waals surface area (Å²) in [5, 5.41) is 25.4. The normalized spacial score (nSPS) is 19.3. The highest BCUT2D eigenvalue weighted by atomic mass is 16.5. The summed E-state index contributed by atoms with van der Waals surface area (Å²) in [6.45, 7) is 4.21. The molecule has 0 aromatic carbocycles. The smallest absolute Gasteiger partial charge is 0.167 e. The van der Waals surface area contributed by atoms with Crippen LogP contribution in [0.2, 0.25) is 0 Å². The van der Waals surface area contributed by atoms with E-state index < -0.39 is 5.41 Å². The Morgan fingerprint density at radius 1 is 1.27 bits per heavy atom. The second-order valence-corrected chi connectivity index (χ2v) is 6.66. The largest absolute Gasteiger partial charge is 0.378 e. The number of rotatable bonds is 3. The molecule has 5 rings (SSSR count). The molecule has 0 bridgehead atoms. The molecule has 0 spiro atoms. The van der Waals surface area contributed by atoms with Gasteiger partial charge >= 0.3 is 0 Å². The van der Waals surface area contributed by atoms with Gasteiger partial charge in [0.25, 0.3) is 0 Å². The molecule has 2 aliphatic heterocycles. The second-order valence-electron chi connectivity index (χ2n) is 6.66. The van der Waals surface area contributed by atoms with E-state index in [1.807, 2.05) is 6.07 Å². The summed E-state index contributed by atoms with van der Waals surface area (Å²) in [6.07, 6.45) is 3.47. The number of hydrogen-bond acceptors (Lipinski definition) is 7. The Bertz CT molecular complexity index is 976. The molecule has 2 aliphatic rings. The van der Waals surface area contributed by atoms with Gasteiger partial charge < -0.3 is 15.0 Å². The first kappa shape index (κ1) is 15.3. The molecule has 9 heteroatoms. The second kappa shape index (κ2) is 5.79. The number of nitriles is 1. The molecule has 0 unspecified atom stereocenters. The van der Waals surface area contributed by atoms with Crippen LogP contribution in [0, 0.1) is 11.3 Å². The lowest BCUT2D eigenvalue weighted by Crippen LogP contribution is -2.56. The molecule has 0 saturated carbocycles. The number of aromatic amines is 1. The monoisotopic (exact) mass is 350 g/mol. The zero-order chi connectivity index (χ0) is 17.6. The molecular weight excluding hydrogens is 332 g/mol. The molecule has 0 amide bonds. The maximum atomic E-state index is 9.85. The fourth-order valence-electron chi connectivity index (χ4n) is 3.59. The minimum absolute atomic E-state index is 0.538. The van der Waals surface area contributed by atoms with Crippen LogP contribution in [-0.4, -0.2) is 64.4 Å². The van der Waals surface area contributed by atoms with Crippen molar-refractivity contribution in [2.24, 2.45) is 0 Å². The van der Waals surface area contributed by atoms with E-state index in [9.17, 15) is 5.26 Å². The van der Waals surface area contributed by atoms with E-state index in [0.29, 0.717) is 26.3 Å². The number of anilines is 1. The van der Waals surface area contributed by atoms with Crippen molar-refractivity contribution in [3.63, 3.8) is 0 Å². The van der Waals surface area contributed by atoms with E-state index in [-0.39, 0.29) is 0 Å². The lowest BCUT2D eigenvalue weighted by Gasteiger charge is -2.38. The number of nitrogens with zero attached hydrogens (tertiary/aromatic N) is 6. The maximum absolute atomic E-state index is 9.85. The van der Waals surface area contributed by atoms with Gasteiger partial charge in [-0.2, -0.15) is 20.1 Å². The van der Waals surface area contributed by atoms with Crippen LogP contribution in [0.4, 0.5) is 5.82 Å². The van der Waals surface area contributed by atoms with Crippen molar-refractivity contribution in [2.75, 3.05) is 44.3 Å². The van der Waals surface area contributed by atoms with Crippen molar-refractivity contribution in [3.8, 4) is 11.9 Å². The minimum atomic E-state index is -0.538. The Morgan fingerprint density at radius 2 is 2.12 bits per heavy atom. The number of H-pyrrole nitrogens is 1. The third kappa shape index (κ3) is 2.20. The van der Waals surface area contributed by atoms with Gasteiger partial charge in [-0.1, -0.05) is 0 Å². The van der Waals surface area contributed by atoms with Crippen molar-refractivity contribution < 1.29 is 4.74 Å². The van der Waals surface area contributed by atoms with Crippen molar-refractivity contribution in [2.45, 2.75) is 5.41 Å². The number of pyridine rings is 1. The van der Waals surface area contributed by atoms with Crippen LogP contribution >= 0.6 is 0 Å². The third-order valence-electron chi connectivity index (χ3n) is 5.16. The molecular formula is C17H18N8O. The van der Waals surface area contributed by atoms with Crippen LogP contribution in [0.25, 0.3) is 16.9 Å². The quantitative estimate of drug-likeness (QED) is 0.701. The lowest BCUT2D eigenvalue weighted by molar-refractivity contribution is 0.122. The third-order valence-corrected chi connectivity index (χ3v) is 5.16. The number of hydrogen-bond donors (Lipinski definition) is 2. The van der Waals surface area contributed by atoms with Gasteiger partial charge in [0.2, 0.25) is 0 Å². The molecule has 3 aromatic heterocycles. The van der Waals surface area contributed by atoms with Crippen LogP contribution in [0.3, 0.4) is 0 Å². The summed E-state index contributed by atoms with van der Waals surface area (Å²) in [6, 6.07) is 6.41. The Hall–Kier alpha value is -2.96. The average molecular weight is 350 g/mol. The van der Waals surface area contributed by atoms with E-state index in [0.717, 1.165) is 41.3 Å². The summed E-state index contributed by atoms with van der Waals surface area (Å²) in [5.74, 6) is 1.61. The number of aromatic nitrogens is 5. The summed E-state index contributed by atoms with van der Waals surface area (Å²) < 4.78 is 7.21. The molecule has 132 valence electrons. The number of ether oxygens (including phenoxy) is 1. The van der Waals surface area contributed by atoms with Gasteiger partial charge in [0.15, 0.2) is 11.5 Å². The first-order valence-electron chi connectivity index (χ1n) is 8.64. The van der Waals surface area contributed by atoms with Crippen molar-refractivity contribution in [1.82, 2.24) is 30.3 Å². The zero-order valence-corrected chi connectivity index (χ0v) is 14.1. The Balaban J connectivity index is 1.73. The average Bonchev–Trinajstić information content (AvgIpc) is 3.31. The Labute approximate surface area is 149 Å². The van der Waals surface area contributed by atoms with Crippen molar-refractivity contribution in [3.05, 3.63) is 30.1 Å². The van der Waals surface area contributed by atoms with E-state index >= 15 is 0 Å². The molecule has 26 heavy (non-hydrogen) atoms. The minimum Gasteiger partial charge on any atom is -0.378 e. The molecule has 0 atom stereocenters. The molecule has 5 heterocycles. The van der Waals surface area contributed by atoms with Gasteiger partial charge in [-0.15, -0.1) is 0 Å². The van der Waals surface area contributed by atoms with Gasteiger partial charge in [-0.05, 0) is 11.6 Å². The van der Waals surface area contributed by atoms with E-state index in [2.05, 4.69) is 37.6 Å². The fraction of sp³-hybridized carbons (Fsp3) is 0.412.